The van der Waals surface area contributed by atoms with Crippen LogP contribution in [0.1, 0.15) is 33.1 Å². The molecule has 1 atom stereocenters. The average Bonchev–Trinajstić information content (AvgIpc) is 3.13. The van der Waals surface area contributed by atoms with Crippen LogP contribution in [0.3, 0.4) is 0 Å². The second-order valence-electron chi connectivity index (χ2n) is 7.75. The summed E-state index contributed by atoms with van der Waals surface area (Å²) in [6.45, 7) is 0.175. The number of ether oxygens (including phenoxy) is 2. The van der Waals surface area contributed by atoms with Gasteiger partial charge in [-0.25, -0.2) is 4.79 Å². The Hall–Kier alpha value is -4.39. The van der Waals surface area contributed by atoms with Gasteiger partial charge in [-0.3, -0.25) is 9.59 Å². The summed E-state index contributed by atoms with van der Waals surface area (Å²) in [5, 5.41) is 11.1. The number of methoxy groups -OCH3 is 2. The first-order chi connectivity index (χ1) is 16.4. The van der Waals surface area contributed by atoms with Gasteiger partial charge >= 0.3 is 5.97 Å². The van der Waals surface area contributed by atoms with E-state index in [-0.39, 0.29) is 17.9 Å². The van der Waals surface area contributed by atoms with Crippen LogP contribution in [0.5, 0.6) is 5.75 Å². The number of amides is 1. The van der Waals surface area contributed by atoms with Crippen LogP contribution in [0.4, 0.5) is 0 Å². The molecule has 1 saturated heterocycles. The highest BCUT2D eigenvalue weighted by atomic mass is 16.5. The molecule has 7 heteroatoms. The molecule has 1 aliphatic rings. The molecule has 172 valence electrons. The summed E-state index contributed by atoms with van der Waals surface area (Å²) >= 11 is 0. The lowest BCUT2D eigenvalue weighted by atomic mass is 9.94. The molecule has 1 fully saturated rings. The molecule has 1 N–H and O–H groups in total. The normalized spacial score (nSPS) is 17.0. The summed E-state index contributed by atoms with van der Waals surface area (Å²) in [6, 6.07) is 21.5. The molecule has 1 aliphatic heterocycles. The number of carbonyl (C=O) groups is 3. The van der Waals surface area contributed by atoms with Crippen LogP contribution in [0.25, 0.3) is 5.76 Å². The molecule has 1 heterocycles. The van der Waals surface area contributed by atoms with Crippen molar-refractivity contribution in [2.45, 2.75) is 12.6 Å². The fourth-order valence-corrected chi connectivity index (χ4v) is 3.99. The first kappa shape index (κ1) is 22.8. The van der Waals surface area contributed by atoms with Gasteiger partial charge < -0.3 is 19.5 Å². The molecule has 7 nitrogen and oxygen atoms in total. The Morgan fingerprint density at radius 1 is 0.882 bits per heavy atom. The zero-order chi connectivity index (χ0) is 24.2. The maximum atomic E-state index is 13.1. The first-order valence-electron chi connectivity index (χ1n) is 10.6. The SMILES string of the molecule is COC(=O)c1ccc(C2/C(=C(\O)c3ccc(OC)cc3)C(=O)C(=O)N2Cc2ccccc2)cc1. The smallest absolute Gasteiger partial charge is 0.337 e. The van der Waals surface area contributed by atoms with Gasteiger partial charge in [-0.2, -0.15) is 0 Å². The van der Waals surface area contributed by atoms with E-state index in [4.69, 9.17) is 9.47 Å². The highest BCUT2D eigenvalue weighted by molar-refractivity contribution is 6.46. The van der Waals surface area contributed by atoms with Gasteiger partial charge in [0.15, 0.2) is 0 Å². The standard InChI is InChI=1S/C27H23NO6/c1-33-21-14-12-19(13-15-21)24(29)22-23(18-8-10-20(11-9-18)27(32)34-2)28(26(31)25(22)30)16-17-6-4-3-5-7-17/h3-15,23,29H,16H2,1-2H3/b24-22+. The number of hydrogen-bond acceptors (Lipinski definition) is 6. The van der Waals surface area contributed by atoms with E-state index in [1.54, 1.807) is 48.5 Å². The number of likely N-dealkylation sites (tertiary alicyclic amines) is 1. The van der Waals surface area contributed by atoms with Crippen LogP contribution >= 0.6 is 0 Å². The highest BCUT2D eigenvalue weighted by Gasteiger charge is 2.46. The summed E-state index contributed by atoms with van der Waals surface area (Å²) in [4.78, 5) is 39.5. The van der Waals surface area contributed by atoms with Gasteiger partial charge in [-0.15, -0.1) is 0 Å². The lowest BCUT2D eigenvalue weighted by Crippen LogP contribution is -2.29. The molecule has 1 unspecified atom stereocenters. The van der Waals surface area contributed by atoms with Crippen molar-refractivity contribution in [1.82, 2.24) is 4.90 Å². The van der Waals surface area contributed by atoms with Crippen molar-refractivity contribution < 1.29 is 29.0 Å². The van der Waals surface area contributed by atoms with E-state index in [0.29, 0.717) is 22.4 Å². The maximum Gasteiger partial charge on any atom is 0.337 e. The fraction of sp³-hybridized carbons (Fsp3) is 0.148. The Labute approximate surface area is 196 Å². The van der Waals surface area contributed by atoms with Gasteiger partial charge in [0.05, 0.1) is 31.4 Å². The lowest BCUT2D eigenvalue weighted by Gasteiger charge is -2.25. The summed E-state index contributed by atoms with van der Waals surface area (Å²) in [7, 11) is 2.82. The number of aliphatic hydroxyl groups is 1. The number of nitrogens with zero attached hydrogens (tertiary/aromatic N) is 1. The number of ketones is 1. The average molecular weight is 457 g/mol. The fourth-order valence-electron chi connectivity index (χ4n) is 3.99. The van der Waals surface area contributed by atoms with Crippen LogP contribution in [-0.2, 0) is 20.9 Å². The molecule has 1 amide bonds. The third-order valence-corrected chi connectivity index (χ3v) is 5.75. The summed E-state index contributed by atoms with van der Waals surface area (Å²) in [5.41, 5.74) is 2.12. The van der Waals surface area contributed by atoms with Crippen LogP contribution in [0.15, 0.2) is 84.4 Å². The third-order valence-electron chi connectivity index (χ3n) is 5.75. The van der Waals surface area contributed by atoms with Crippen LogP contribution in [-0.4, -0.2) is 41.9 Å². The number of carbonyl (C=O) groups excluding carboxylic acids is 3. The molecule has 3 aromatic rings. The minimum Gasteiger partial charge on any atom is -0.507 e. The number of hydrogen-bond donors (Lipinski definition) is 1. The second-order valence-corrected chi connectivity index (χ2v) is 7.75. The van der Waals surface area contributed by atoms with Crippen molar-refractivity contribution in [2.24, 2.45) is 0 Å². The van der Waals surface area contributed by atoms with Crippen molar-refractivity contribution in [2.75, 3.05) is 14.2 Å². The van der Waals surface area contributed by atoms with Crippen molar-refractivity contribution in [3.05, 3.63) is 107 Å². The van der Waals surface area contributed by atoms with Gasteiger partial charge in [-0.05, 0) is 47.5 Å². The molecule has 0 radical (unpaired) electrons. The Morgan fingerprint density at radius 2 is 1.50 bits per heavy atom. The van der Waals surface area contributed by atoms with Crippen LogP contribution in [0, 0.1) is 0 Å². The second kappa shape index (κ2) is 9.62. The molecule has 34 heavy (non-hydrogen) atoms. The van der Waals surface area contributed by atoms with E-state index in [2.05, 4.69) is 0 Å². The van der Waals surface area contributed by atoms with E-state index in [1.807, 2.05) is 30.3 Å². The molecule has 4 rings (SSSR count). The summed E-state index contributed by atoms with van der Waals surface area (Å²) in [5.74, 6) is -1.66. The number of aliphatic hydroxyl groups excluding tert-OH is 1. The van der Waals surface area contributed by atoms with Gasteiger partial charge in [0.1, 0.15) is 11.5 Å². The Kier molecular flexibility index (Phi) is 6.45. The quantitative estimate of drug-likeness (QED) is 0.259. The van der Waals surface area contributed by atoms with Crippen molar-refractivity contribution in [3.63, 3.8) is 0 Å². The predicted molar refractivity (Wildman–Crippen MR) is 125 cm³/mol. The molecular formula is C27H23NO6. The maximum absolute atomic E-state index is 13.1. The summed E-state index contributed by atoms with van der Waals surface area (Å²) < 4.78 is 9.92. The highest BCUT2D eigenvalue weighted by Crippen LogP contribution is 2.40. The van der Waals surface area contributed by atoms with Crippen molar-refractivity contribution >= 4 is 23.4 Å². The number of benzene rings is 3. The van der Waals surface area contributed by atoms with Crippen molar-refractivity contribution in [1.29, 1.82) is 0 Å². The minimum absolute atomic E-state index is 0.0167. The van der Waals surface area contributed by atoms with Gasteiger partial charge in [0, 0.05) is 12.1 Å². The molecule has 0 aromatic heterocycles. The summed E-state index contributed by atoms with van der Waals surface area (Å²) in [6.07, 6.45) is 0. The monoisotopic (exact) mass is 457 g/mol. The van der Waals surface area contributed by atoms with E-state index in [0.717, 1.165) is 5.56 Å². The minimum atomic E-state index is -0.839. The largest absolute Gasteiger partial charge is 0.507 e. The third kappa shape index (κ3) is 4.28. The molecule has 0 aliphatic carbocycles. The zero-order valence-corrected chi connectivity index (χ0v) is 18.7. The molecule has 0 bridgehead atoms. The number of Topliss-reactive ketones (excluding diaryl/α,β-unsaturated/α-hetero) is 1. The molecular weight excluding hydrogens is 434 g/mol. The van der Waals surface area contributed by atoms with Crippen LogP contribution in [0.2, 0.25) is 0 Å². The van der Waals surface area contributed by atoms with Crippen molar-refractivity contribution in [3.8, 4) is 5.75 Å². The van der Waals surface area contributed by atoms with E-state index < -0.39 is 23.7 Å². The Balaban J connectivity index is 1.83. The van der Waals surface area contributed by atoms with E-state index >= 15 is 0 Å². The van der Waals surface area contributed by atoms with Gasteiger partial charge in [0.25, 0.3) is 11.7 Å². The Bertz CT molecular complexity index is 1250. The lowest BCUT2D eigenvalue weighted by molar-refractivity contribution is -0.140. The van der Waals surface area contributed by atoms with Gasteiger partial charge in [-0.1, -0.05) is 42.5 Å². The Morgan fingerprint density at radius 3 is 2.09 bits per heavy atom. The molecule has 3 aromatic carbocycles. The first-order valence-corrected chi connectivity index (χ1v) is 10.6. The van der Waals surface area contributed by atoms with Crippen LogP contribution < -0.4 is 4.74 Å². The predicted octanol–water partition coefficient (Wildman–Crippen LogP) is 4.10. The number of rotatable bonds is 6. The zero-order valence-electron chi connectivity index (χ0n) is 18.7. The van der Waals surface area contributed by atoms with E-state index in [9.17, 15) is 19.5 Å². The van der Waals surface area contributed by atoms with Gasteiger partial charge in [0.2, 0.25) is 0 Å². The topological polar surface area (TPSA) is 93.1 Å². The molecule has 0 spiro atoms. The van der Waals surface area contributed by atoms with E-state index in [1.165, 1.54) is 19.1 Å². The number of esters is 1. The molecule has 0 saturated carbocycles.